The summed E-state index contributed by atoms with van der Waals surface area (Å²) in [6.45, 7) is 4.10. The maximum Gasteiger partial charge on any atom is 0.142 e. The van der Waals surface area contributed by atoms with Crippen molar-refractivity contribution >= 4 is 23.4 Å². The second kappa shape index (κ2) is 7.34. The van der Waals surface area contributed by atoms with E-state index in [2.05, 4.69) is 5.32 Å². The Balaban J connectivity index is 2.69. The van der Waals surface area contributed by atoms with Gasteiger partial charge in [0.15, 0.2) is 0 Å². The van der Waals surface area contributed by atoms with Crippen LogP contribution in [0.5, 0.6) is 0 Å². The monoisotopic (exact) mass is 291 g/mol. The molecule has 0 aromatic heterocycles. The molecular weight excluding hydrogens is 273 g/mol. The lowest BCUT2D eigenvalue weighted by Crippen LogP contribution is -2.38. The molecule has 0 amide bonds. The predicted molar refractivity (Wildman–Crippen MR) is 76.8 cm³/mol. The van der Waals surface area contributed by atoms with E-state index in [-0.39, 0.29) is 29.0 Å². The second-order valence-electron chi connectivity index (χ2n) is 4.31. The van der Waals surface area contributed by atoms with Gasteiger partial charge < -0.3 is 10.4 Å². The molecule has 1 rings (SSSR count). The maximum absolute atomic E-state index is 13.4. The van der Waals surface area contributed by atoms with Crippen LogP contribution < -0.4 is 5.32 Å². The third-order valence-electron chi connectivity index (χ3n) is 3.00. The molecule has 0 radical (unpaired) electrons. The van der Waals surface area contributed by atoms with Gasteiger partial charge in [0.2, 0.25) is 0 Å². The minimum atomic E-state index is -0.404. The number of hydrogen-bond donors (Lipinski definition) is 2. The summed E-state index contributed by atoms with van der Waals surface area (Å²) < 4.78 is 13.4. The van der Waals surface area contributed by atoms with Crippen molar-refractivity contribution in [2.24, 2.45) is 0 Å². The molecule has 0 bridgehead atoms. The number of benzene rings is 1. The topological polar surface area (TPSA) is 32.3 Å². The first kappa shape index (κ1) is 15.8. The lowest BCUT2D eigenvalue weighted by atomic mass is 10.1. The van der Waals surface area contributed by atoms with Gasteiger partial charge in [-0.05, 0) is 37.8 Å². The molecule has 2 N–H and O–H groups in total. The van der Waals surface area contributed by atoms with E-state index in [4.69, 9.17) is 11.6 Å². The van der Waals surface area contributed by atoms with Crippen LogP contribution in [0, 0.1) is 5.82 Å². The molecular formula is C13H19ClFNOS. The van der Waals surface area contributed by atoms with Gasteiger partial charge in [-0.3, -0.25) is 0 Å². The van der Waals surface area contributed by atoms with Gasteiger partial charge in [-0.2, -0.15) is 11.8 Å². The summed E-state index contributed by atoms with van der Waals surface area (Å²) in [6.07, 6.45) is 1.96. The van der Waals surface area contributed by atoms with Crippen molar-refractivity contribution < 1.29 is 9.50 Å². The number of halogens is 2. The second-order valence-corrected chi connectivity index (χ2v) is 5.79. The Hall–Kier alpha value is -0.290. The molecule has 0 spiro atoms. The van der Waals surface area contributed by atoms with Crippen molar-refractivity contribution in [2.45, 2.75) is 31.2 Å². The van der Waals surface area contributed by atoms with Crippen molar-refractivity contribution in [1.29, 1.82) is 0 Å². The van der Waals surface area contributed by atoms with Gasteiger partial charge >= 0.3 is 0 Å². The Morgan fingerprint density at radius 2 is 2.11 bits per heavy atom. The van der Waals surface area contributed by atoms with Crippen molar-refractivity contribution in [3.05, 3.63) is 34.6 Å². The molecule has 2 nitrogen and oxygen atoms in total. The first-order chi connectivity index (χ1) is 8.49. The molecule has 0 heterocycles. The Morgan fingerprint density at radius 3 is 2.61 bits per heavy atom. The van der Waals surface area contributed by atoms with Crippen molar-refractivity contribution in [3.8, 4) is 0 Å². The van der Waals surface area contributed by atoms with Gasteiger partial charge in [0.05, 0.1) is 11.6 Å². The predicted octanol–water partition coefficient (Wildman–Crippen LogP) is 3.24. The van der Waals surface area contributed by atoms with Gasteiger partial charge in [-0.15, -0.1) is 0 Å². The molecule has 3 atom stereocenters. The summed E-state index contributed by atoms with van der Waals surface area (Å²) in [5, 5.41) is 12.8. The Bertz CT molecular complexity index is 387. The molecule has 0 aliphatic heterocycles. The van der Waals surface area contributed by atoms with Crippen LogP contribution in [-0.2, 0) is 0 Å². The Morgan fingerprint density at radius 1 is 1.44 bits per heavy atom. The highest BCUT2D eigenvalue weighted by Gasteiger charge is 2.18. The number of thioether (sulfide) groups is 1. The minimum Gasteiger partial charge on any atom is -0.395 e. The quantitative estimate of drug-likeness (QED) is 0.844. The van der Waals surface area contributed by atoms with Gasteiger partial charge in [-0.25, -0.2) is 4.39 Å². The van der Waals surface area contributed by atoms with E-state index in [0.29, 0.717) is 0 Å². The molecule has 5 heteroatoms. The van der Waals surface area contributed by atoms with E-state index in [1.807, 2.05) is 26.2 Å². The summed E-state index contributed by atoms with van der Waals surface area (Å²) in [7, 11) is 0. The fourth-order valence-corrected chi connectivity index (χ4v) is 2.57. The zero-order valence-electron chi connectivity index (χ0n) is 10.8. The van der Waals surface area contributed by atoms with Crippen LogP contribution in [0.15, 0.2) is 18.2 Å². The molecule has 0 saturated heterocycles. The van der Waals surface area contributed by atoms with Gasteiger partial charge in [0, 0.05) is 17.3 Å². The number of aliphatic hydroxyl groups excluding tert-OH is 1. The van der Waals surface area contributed by atoms with Crippen LogP contribution in [0.3, 0.4) is 0 Å². The Kier molecular flexibility index (Phi) is 6.43. The van der Waals surface area contributed by atoms with Crippen LogP contribution in [0.4, 0.5) is 4.39 Å². The summed E-state index contributed by atoms with van der Waals surface area (Å²) >= 11 is 7.27. The molecule has 18 heavy (non-hydrogen) atoms. The largest absolute Gasteiger partial charge is 0.395 e. The van der Waals surface area contributed by atoms with Crippen LogP contribution in [-0.4, -0.2) is 29.3 Å². The molecule has 0 fully saturated rings. The fraction of sp³-hybridized carbons (Fsp3) is 0.538. The number of hydrogen-bond acceptors (Lipinski definition) is 3. The third kappa shape index (κ3) is 4.12. The van der Waals surface area contributed by atoms with E-state index >= 15 is 0 Å². The standard InChI is InChI=1S/C13H19ClFNOS/c1-8(16-9(2)13(7-17)18-3)10-4-5-11(14)12(15)6-10/h4-6,8-9,13,16-17H,7H2,1-3H3. The first-order valence-corrected chi connectivity index (χ1v) is 7.50. The zero-order valence-corrected chi connectivity index (χ0v) is 12.4. The number of rotatable bonds is 6. The summed E-state index contributed by atoms with van der Waals surface area (Å²) in [6, 6.07) is 4.96. The van der Waals surface area contributed by atoms with E-state index in [1.165, 1.54) is 6.07 Å². The lowest BCUT2D eigenvalue weighted by molar-refractivity contribution is 0.271. The van der Waals surface area contributed by atoms with E-state index in [1.54, 1.807) is 17.8 Å². The summed E-state index contributed by atoms with van der Waals surface area (Å²) in [5.41, 5.74) is 0.849. The Labute approximate surface area is 117 Å². The van der Waals surface area contributed by atoms with Gasteiger partial charge in [-0.1, -0.05) is 17.7 Å². The maximum atomic E-state index is 13.4. The highest BCUT2D eigenvalue weighted by atomic mass is 35.5. The third-order valence-corrected chi connectivity index (χ3v) is 4.47. The van der Waals surface area contributed by atoms with E-state index in [9.17, 15) is 9.50 Å². The molecule has 102 valence electrons. The minimum absolute atomic E-state index is 0.00738. The average molecular weight is 292 g/mol. The van der Waals surface area contributed by atoms with Crippen LogP contribution in [0.2, 0.25) is 5.02 Å². The molecule has 0 saturated carbocycles. The smallest absolute Gasteiger partial charge is 0.142 e. The first-order valence-electron chi connectivity index (χ1n) is 5.84. The van der Waals surface area contributed by atoms with Gasteiger partial charge in [0.25, 0.3) is 0 Å². The van der Waals surface area contributed by atoms with Crippen LogP contribution in [0.25, 0.3) is 0 Å². The SMILES string of the molecule is CSC(CO)C(C)NC(C)c1ccc(Cl)c(F)c1. The fourth-order valence-electron chi connectivity index (χ4n) is 1.82. The summed E-state index contributed by atoms with van der Waals surface area (Å²) in [4.78, 5) is 0. The van der Waals surface area contributed by atoms with Crippen molar-refractivity contribution in [2.75, 3.05) is 12.9 Å². The molecule has 3 unspecified atom stereocenters. The van der Waals surface area contributed by atoms with Crippen molar-refractivity contribution in [3.63, 3.8) is 0 Å². The van der Waals surface area contributed by atoms with Crippen LogP contribution in [0.1, 0.15) is 25.5 Å². The van der Waals surface area contributed by atoms with Crippen LogP contribution >= 0.6 is 23.4 Å². The summed E-state index contributed by atoms with van der Waals surface area (Å²) in [5.74, 6) is -0.404. The molecule has 1 aromatic carbocycles. The van der Waals surface area contributed by atoms with E-state index < -0.39 is 5.82 Å². The lowest BCUT2D eigenvalue weighted by Gasteiger charge is -2.25. The normalized spacial score (nSPS) is 16.3. The highest BCUT2D eigenvalue weighted by Crippen LogP contribution is 2.21. The molecule has 1 aromatic rings. The van der Waals surface area contributed by atoms with Gasteiger partial charge in [0.1, 0.15) is 5.82 Å². The van der Waals surface area contributed by atoms with Crippen molar-refractivity contribution in [1.82, 2.24) is 5.32 Å². The average Bonchev–Trinajstić information content (AvgIpc) is 2.34. The molecule has 0 aliphatic rings. The molecule has 0 aliphatic carbocycles. The van der Waals surface area contributed by atoms with E-state index in [0.717, 1.165) is 5.56 Å². The zero-order chi connectivity index (χ0) is 13.7. The number of aliphatic hydroxyl groups is 1. The number of nitrogens with one attached hydrogen (secondary N) is 1. The highest BCUT2D eigenvalue weighted by molar-refractivity contribution is 7.99.